The maximum absolute atomic E-state index is 12.8. The fourth-order valence-electron chi connectivity index (χ4n) is 3.06. The normalized spacial score (nSPS) is 16.3. The van der Waals surface area contributed by atoms with Crippen molar-refractivity contribution < 1.29 is 9.53 Å². The standard InChI is InChI=1S/C24H19NO2S2/c1-17(19-8-4-2-5-9-19)27-21-14-12-18(13-15-21)16-22-23(26)25(24(28)29-22)20-10-6-3-7-11-20/h2-17H,1H3/b22-16-/t17-/m1/s1. The highest BCUT2D eigenvalue weighted by molar-refractivity contribution is 8.27. The first-order valence-corrected chi connectivity index (χ1v) is 10.5. The van der Waals surface area contributed by atoms with Gasteiger partial charge in [-0.1, -0.05) is 84.6 Å². The quantitative estimate of drug-likeness (QED) is 0.363. The summed E-state index contributed by atoms with van der Waals surface area (Å²) >= 11 is 6.74. The van der Waals surface area contributed by atoms with Gasteiger partial charge < -0.3 is 4.74 Å². The largest absolute Gasteiger partial charge is 0.486 e. The summed E-state index contributed by atoms with van der Waals surface area (Å²) < 4.78 is 6.56. The third-order valence-corrected chi connectivity index (χ3v) is 5.87. The van der Waals surface area contributed by atoms with Gasteiger partial charge in [0, 0.05) is 0 Å². The molecule has 29 heavy (non-hydrogen) atoms. The Morgan fingerprint density at radius 2 is 1.55 bits per heavy atom. The van der Waals surface area contributed by atoms with E-state index in [2.05, 4.69) is 0 Å². The average molecular weight is 418 g/mol. The molecular formula is C24H19NO2S2. The van der Waals surface area contributed by atoms with E-state index in [4.69, 9.17) is 17.0 Å². The highest BCUT2D eigenvalue weighted by Gasteiger charge is 2.33. The lowest BCUT2D eigenvalue weighted by atomic mass is 10.1. The summed E-state index contributed by atoms with van der Waals surface area (Å²) in [7, 11) is 0. The maximum Gasteiger partial charge on any atom is 0.270 e. The molecule has 0 radical (unpaired) electrons. The number of thioether (sulfide) groups is 1. The van der Waals surface area contributed by atoms with Crippen LogP contribution in [0, 0.1) is 0 Å². The third kappa shape index (κ3) is 4.42. The average Bonchev–Trinajstić information content (AvgIpc) is 3.03. The van der Waals surface area contributed by atoms with Crippen LogP contribution in [-0.4, -0.2) is 10.2 Å². The van der Waals surface area contributed by atoms with Crippen LogP contribution in [0.4, 0.5) is 5.69 Å². The van der Waals surface area contributed by atoms with Crippen molar-refractivity contribution in [2.45, 2.75) is 13.0 Å². The molecule has 0 N–H and O–H groups in total. The smallest absolute Gasteiger partial charge is 0.270 e. The molecule has 1 fully saturated rings. The van der Waals surface area contributed by atoms with Crippen LogP contribution in [0.15, 0.2) is 89.8 Å². The van der Waals surface area contributed by atoms with Crippen LogP contribution in [0.25, 0.3) is 6.08 Å². The lowest BCUT2D eigenvalue weighted by Gasteiger charge is -2.15. The second-order valence-corrected chi connectivity index (χ2v) is 8.27. The molecule has 1 aliphatic heterocycles. The number of thiocarbonyl (C=S) groups is 1. The molecule has 3 nitrogen and oxygen atoms in total. The molecule has 4 rings (SSSR count). The van der Waals surface area contributed by atoms with Gasteiger partial charge in [-0.2, -0.15) is 0 Å². The molecule has 1 amide bonds. The lowest BCUT2D eigenvalue weighted by molar-refractivity contribution is -0.113. The number of carbonyl (C=O) groups is 1. The van der Waals surface area contributed by atoms with Crippen molar-refractivity contribution in [3.05, 3.63) is 101 Å². The number of rotatable bonds is 5. The van der Waals surface area contributed by atoms with Gasteiger partial charge in [0.15, 0.2) is 4.32 Å². The van der Waals surface area contributed by atoms with Crippen LogP contribution in [0.5, 0.6) is 5.75 Å². The molecule has 0 aromatic heterocycles. The van der Waals surface area contributed by atoms with E-state index in [0.717, 1.165) is 22.6 Å². The van der Waals surface area contributed by atoms with Crippen molar-refractivity contribution in [1.29, 1.82) is 0 Å². The Labute approximate surface area is 180 Å². The predicted octanol–water partition coefficient (Wildman–Crippen LogP) is 6.23. The first-order valence-electron chi connectivity index (χ1n) is 9.26. The van der Waals surface area contributed by atoms with Gasteiger partial charge >= 0.3 is 0 Å². The van der Waals surface area contributed by atoms with Crippen molar-refractivity contribution in [3.63, 3.8) is 0 Å². The van der Waals surface area contributed by atoms with Crippen molar-refractivity contribution >= 4 is 46.0 Å². The number of amides is 1. The number of carbonyl (C=O) groups excluding carboxylic acids is 1. The summed E-state index contributed by atoms with van der Waals surface area (Å²) in [5.74, 6) is 0.694. The minimum atomic E-state index is -0.0933. The van der Waals surface area contributed by atoms with Crippen LogP contribution < -0.4 is 9.64 Å². The topological polar surface area (TPSA) is 29.5 Å². The van der Waals surface area contributed by atoms with Crippen LogP contribution in [0.1, 0.15) is 24.2 Å². The Hall–Kier alpha value is -2.89. The first kappa shape index (κ1) is 19.4. The summed E-state index contributed by atoms with van der Waals surface area (Å²) in [6.07, 6.45) is 1.83. The SMILES string of the molecule is C[C@@H](Oc1ccc(/C=C2\SC(=S)N(c3ccccc3)C2=O)cc1)c1ccccc1. The monoisotopic (exact) mass is 417 g/mol. The van der Waals surface area contributed by atoms with Crippen LogP contribution >= 0.6 is 24.0 Å². The van der Waals surface area contributed by atoms with E-state index in [1.54, 1.807) is 4.90 Å². The zero-order valence-electron chi connectivity index (χ0n) is 15.8. The van der Waals surface area contributed by atoms with Gasteiger partial charge in [0.25, 0.3) is 5.91 Å². The second-order valence-electron chi connectivity index (χ2n) is 6.59. The van der Waals surface area contributed by atoms with E-state index >= 15 is 0 Å². The summed E-state index contributed by atoms with van der Waals surface area (Å²) in [6.45, 7) is 2.03. The molecule has 1 atom stereocenters. The summed E-state index contributed by atoms with van der Waals surface area (Å²) in [5.41, 5.74) is 2.84. The number of hydrogen-bond donors (Lipinski definition) is 0. The number of anilines is 1. The highest BCUT2D eigenvalue weighted by Crippen LogP contribution is 2.36. The number of para-hydroxylation sites is 1. The fourth-order valence-corrected chi connectivity index (χ4v) is 4.36. The summed E-state index contributed by atoms with van der Waals surface area (Å²) in [5, 5.41) is 0. The Bertz CT molecular complexity index is 1050. The van der Waals surface area contributed by atoms with Gasteiger partial charge in [0.1, 0.15) is 11.9 Å². The fraction of sp³-hybridized carbons (Fsp3) is 0.0833. The molecule has 5 heteroatoms. The van der Waals surface area contributed by atoms with E-state index < -0.39 is 0 Å². The van der Waals surface area contributed by atoms with Gasteiger partial charge in [-0.15, -0.1) is 0 Å². The molecule has 1 saturated heterocycles. The Kier molecular flexibility index (Phi) is 5.79. The molecule has 0 aliphatic carbocycles. The van der Waals surface area contributed by atoms with E-state index in [1.165, 1.54) is 11.8 Å². The van der Waals surface area contributed by atoms with E-state index in [0.29, 0.717) is 9.23 Å². The number of nitrogens with zero attached hydrogens (tertiary/aromatic N) is 1. The van der Waals surface area contributed by atoms with Gasteiger partial charge in [-0.25, -0.2) is 0 Å². The molecule has 1 aliphatic rings. The Balaban J connectivity index is 1.48. The molecule has 1 heterocycles. The summed E-state index contributed by atoms with van der Waals surface area (Å²) in [6, 6.07) is 27.3. The van der Waals surface area contributed by atoms with Crippen molar-refractivity contribution in [3.8, 4) is 5.75 Å². The minimum absolute atomic E-state index is 0.0378. The molecule has 0 bridgehead atoms. The van der Waals surface area contributed by atoms with Crippen LogP contribution in [-0.2, 0) is 4.79 Å². The molecule has 3 aromatic carbocycles. The van der Waals surface area contributed by atoms with Gasteiger partial charge in [-0.3, -0.25) is 9.69 Å². The van der Waals surface area contributed by atoms with Crippen molar-refractivity contribution in [2.75, 3.05) is 4.90 Å². The van der Waals surface area contributed by atoms with E-state index in [-0.39, 0.29) is 12.0 Å². The predicted molar refractivity (Wildman–Crippen MR) is 124 cm³/mol. The maximum atomic E-state index is 12.8. The summed E-state index contributed by atoms with van der Waals surface area (Å²) in [4.78, 5) is 15.0. The Morgan fingerprint density at radius 3 is 2.21 bits per heavy atom. The minimum Gasteiger partial charge on any atom is -0.486 e. The number of benzene rings is 3. The van der Waals surface area contributed by atoms with E-state index in [1.807, 2.05) is 97.9 Å². The van der Waals surface area contributed by atoms with Crippen LogP contribution in [0.2, 0.25) is 0 Å². The zero-order chi connectivity index (χ0) is 20.2. The van der Waals surface area contributed by atoms with E-state index in [9.17, 15) is 4.79 Å². The lowest BCUT2D eigenvalue weighted by Crippen LogP contribution is -2.27. The molecule has 144 valence electrons. The highest BCUT2D eigenvalue weighted by atomic mass is 32.2. The molecule has 0 saturated carbocycles. The molecule has 0 spiro atoms. The Morgan fingerprint density at radius 1 is 0.931 bits per heavy atom. The van der Waals surface area contributed by atoms with Crippen LogP contribution in [0.3, 0.4) is 0 Å². The zero-order valence-corrected chi connectivity index (χ0v) is 17.5. The molecule has 3 aromatic rings. The van der Waals surface area contributed by atoms with Gasteiger partial charge in [0.2, 0.25) is 0 Å². The first-order chi connectivity index (χ1) is 14.1. The number of ether oxygens (including phenoxy) is 1. The molecular weight excluding hydrogens is 398 g/mol. The third-order valence-electron chi connectivity index (χ3n) is 4.57. The van der Waals surface area contributed by atoms with Crippen molar-refractivity contribution in [1.82, 2.24) is 0 Å². The molecule has 0 unspecified atom stereocenters. The second kappa shape index (κ2) is 8.64. The van der Waals surface area contributed by atoms with Crippen molar-refractivity contribution in [2.24, 2.45) is 0 Å². The van der Waals surface area contributed by atoms with Gasteiger partial charge in [0.05, 0.1) is 10.6 Å². The van der Waals surface area contributed by atoms with Gasteiger partial charge in [-0.05, 0) is 48.4 Å². The number of hydrogen-bond acceptors (Lipinski definition) is 4.